The van der Waals surface area contributed by atoms with Crippen molar-refractivity contribution in [3.05, 3.63) is 0 Å². The van der Waals surface area contributed by atoms with Gasteiger partial charge in [-0.1, -0.05) is 0 Å². The zero-order chi connectivity index (χ0) is 10.3. The van der Waals surface area contributed by atoms with E-state index in [1.165, 1.54) is 12.8 Å². The molecule has 4 nitrogen and oxygen atoms in total. The molecule has 0 aromatic heterocycles. The molecule has 4 heteroatoms. The highest BCUT2D eigenvalue weighted by Gasteiger charge is 2.41. The number of rotatable bonds is 2. The van der Waals surface area contributed by atoms with Crippen LogP contribution in [-0.4, -0.2) is 41.1 Å². The molecule has 2 heterocycles. The predicted molar refractivity (Wildman–Crippen MR) is 52.9 cm³/mol. The first-order valence-corrected chi connectivity index (χ1v) is 5.30. The fraction of sp³-hybridized carbons (Fsp3) is 0.900. The van der Waals surface area contributed by atoms with Crippen molar-refractivity contribution in [3.8, 4) is 0 Å². The van der Waals surface area contributed by atoms with Crippen molar-refractivity contribution in [2.45, 2.75) is 43.8 Å². The van der Waals surface area contributed by atoms with Gasteiger partial charge in [-0.2, -0.15) is 0 Å². The number of hydrogen-bond acceptors (Lipinski definition) is 3. The summed E-state index contributed by atoms with van der Waals surface area (Å²) < 4.78 is 0. The third kappa shape index (κ3) is 1.53. The first kappa shape index (κ1) is 9.93. The van der Waals surface area contributed by atoms with Crippen molar-refractivity contribution in [2.24, 2.45) is 11.7 Å². The Hall–Kier alpha value is -0.610. The Bertz CT molecular complexity index is 230. The third-order valence-corrected chi connectivity index (χ3v) is 3.93. The van der Waals surface area contributed by atoms with Crippen LogP contribution < -0.4 is 5.73 Å². The summed E-state index contributed by atoms with van der Waals surface area (Å²) in [6, 6.07) is 0.486. The molecule has 3 atom stereocenters. The molecular weight excluding hydrogens is 180 g/mol. The van der Waals surface area contributed by atoms with E-state index in [1.54, 1.807) is 0 Å². The van der Waals surface area contributed by atoms with Crippen LogP contribution in [0.15, 0.2) is 0 Å². The Labute approximate surface area is 84.1 Å². The lowest BCUT2D eigenvalue weighted by Gasteiger charge is -2.37. The van der Waals surface area contributed by atoms with E-state index in [2.05, 4.69) is 11.9 Å². The lowest BCUT2D eigenvalue weighted by Crippen LogP contribution is -2.48. The fourth-order valence-electron chi connectivity index (χ4n) is 2.95. The van der Waals surface area contributed by atoms with Crippen molar-refractivity contribution in [3.63, 3.8) is 0 Å². The average Bonchev–Trinajstić information content (AvgIpc) is 2.42. The van der Waals surface area contributed by atoms with Crippen molar-refractivity contribution in [2.75, 3.05) is 7.05 Å². The van der Waals surface area contributed by atoms with Gasteiger partial charge in [-0.05, 0) is 38.6 Å². The number of carboxylic acids is 1. The predicted octanol–water partition coefficient (Wildman–Crippen LogP) is 0.271. The van der Waals surface area contributed by atoms with E-state index >= 15 is 0 Å². The Balaban J connectivity index is 2.02. The summed E-state index contributed by atoms with van der Waals surface area (Å²) in [4.78, 5) is 13.2. The van der Waals surface area contributed by atoms with Crippen molar-refractivity contribution >= 4 is 5.97 Å². The lowest BCUT2D eigenvalue weighted by molar-refractivity contribution is -0.140. The highest BCUT2D eigenvalue weighted by atomic mass is 16.4. The highest BCUT2D eigenvalue weighted by molar-refractivity contribution is 5.73. The van der Waals surface area contributed by atoms with Gasteiger partial charge in [-0.3, -0.25) is 4.79 Å². The second-order valence-electron chi connectivity index (χ2n) is 4.65. The van der Waals surface area contributed by atoms with Gasteiger partial charge < -0.3 is 15.7 Å². The zero-order valence-electron chi connectivity index (χ0n) is 8.52. The molecule has 0 saturated carbocycles. The van der Waals surface area contributed by atoms with Gasteiger partial charge in [0.1, 0.15) is 6.04 Å². The van der Waals surface area contributed by atoms with Crippen LogP contribution in [0.2, 0.25) is 0 Å². The van der Waals surface area contributed by atoms with Crippen LogP contribution in [0, 0.1) is 5.92 Å². The lowest BCUT2D eigenvalue weighted by atomic mass is 9.85. The van der Waals surface area contributed by atoms with E-state index in [4.69, 9.17) is 10.8 Å². The average molecular weight is 198 g/mol. The van der Waals surface area contributed by atoms with E-state index < -0.39 is 12.0 Å². The quantitative estimate of drug-likeness (QED) is 0.668. The molecule has 2 rings (SSSR count). The number of fused-ring (bicyclic) bond motifs is 2. The van der Waals surface area contributed by atoms with E-state index in [0.29, 0.717) is 12.1 Å². The summed E-state index contributed by atoms with van der Waals surface area (Å²) >= 11 is 0. The highest BCUT2D eigenvalue weighted by Crippen LogP contribution is 2.38. The third-order valence-electron chi connectivity index (χ3n) is 3.93. The molecule has 2 unspecified atom stereocenters. The Morgan fingerprint density at radius 2 is 1.93 bits per heavy atom. The van der Waals surface area contributed by atoms with Gasteiger partial charge in [0, 0.05) is 12.1 Å². The molecule has 2 aliphatic heterocycles. The molecule has 2 bridgehead atoms. The van der Waals surface area contributed by atoms with Crippen LogP contribution in [0.1, 0.15) is 25.7 Å². The number of piperidine rings is 1. The molecule has 2 aliphatic rings. The minimum Gasteiger partial charge on any atom is -0.480 e. The normalized spacial score (nSPS) is 39.7. The van der Waals surface area contributed by atoms with Crippen molar-refractivity contribution in [1.82, 2.24) is 4.90 Å². The molecule has 80 valence electrons. The number of hydrogen-bond donors (Lipinski definition) is 2. The molecular formula is C10H18N2O2. The Kier molecular flexibility index (Phi) is 2.49. The van der Waals surface area contributed by atoms with Gasteiger partial charge in [0.2, 0.25) is 0 Å². The molecule has 3 N–H and O–H groups in total. The summed E-state index contributed by atoms with van der Waals surface area (Å²) in [5.41, 5.74) is 5.67. The maximum atomic E-state index is 10.8. The Morgan fingerprint density at radius 1 is 1.43 bits per heavy atom. The van der Waals surface area contributed by atoms with Gasteiger partial charge in [0.25, 0.3) is 0 Å². The second kappa shape index (κ2) is 3.51. The van der Waals surface area contributed by atoms with Crippen molar-refractivity contribution in [1.29, 1.82) is 0 Å². The molecule has 14 heavy (non-hydrogen) atoms. The second-order valence-corrected chi connectivity index (χ2v) is 4.65. The van der Waals surface area contributed by atoms with Crippen LogP contribution >= 0.6 is 0 Å². The summed E-state index contributed by atoms with van der Waals surface area (Å²) in [5, 5.41) is 8.85. The van der Waals surface area contributed by atoms with Crippen molar-refractivity contribution < 1.29 is 9.90 Å². The molecule has 2 fully saturated rings. The van der Waals surface area contributed by atoms with E-state index in [-0.39, 0.29) is 5.92 Å². The van der Waals surface area contributed by atoms with Crippen LogP contribution in [0.3, 0.4) is 0 Å². The summed E-state index contributed by atoms with van der Waals surface area (Å²) in [7, 11) is 2.14. The minimum absolute atomic E-state index is 0.182. The summed E-state index contributed by atoms with van der Waals surface area (Å²) in [6.07, 6.45) is 4.34. The van der Waals surface area contributed by atoms with E-state index in [0.717, 1.165) is 12.8 Å². The molecule has 0 amide bonds. The standard InChI is InChI=1S/C10H18N2O2/c1-12-7-2-3-8(12)5-6(4-7)9(11)10(13)14/h6-9H,2-5,11H2,1H3,(H,13,14)/t6?,7?,8?,9-/m0/s1. The first-order valence-electron chi connectivity index (χ1n) is 5.30. The maximum Gasteiger partial charge on any atom is 0.320 e. The monoisotopic (exact) mass is 198 g/mol. The zero-order valence-corrected chi connectivity index (χ0v) is 8.52. The molecule has 0 spiro atoms. The topological polar surface area (TPSA) is 66.6 Å². The van der Waals surface area contributed by atoms with Crippen LogP contribution in [-0.2, 0) is 4.79 Å². The van der Waals surface area contributed by atoms with E-state index in [9.17, 15) is 4.79 Å². The summed E-state index contributed by atoms with van der Waals surface area (Å²) in [5.74, 6) is -0.667. The van der Waals surface area contributed by atoms with Crippen LogP contribution in [0.4, 0.5) is 0 Å². The maximum absolute atomic E-state index is 10.8. The molecule has 0 aromatic rings. The van der Waals surface area contributed by atoms with Crippen LogP contribution in [0.5, 0.6) is 0 Å². The van der Waals surface area contributed by atoms with Gasteiger partial charge >= 0.3 is 5.97 Å². The number of carbonyl (C=O) groups is 1. The largest absolute Gasteiger partial charge is 0.480 e. The minimum atomic E-state index is -0.848. The van der Waals surface area contributed by atoms with Crippen LogP contribution in [0.25, 0.3) is 0 Å². The number of nitrogens with two attached hydrogens (primary N) is 1. The van der Waals surface area contributed by atoms with Gasteiger partial charge in [0.15, 0.2) is 0 Å². The summed E-state index contributed by atoms with van der Waals surface area (Å²) in [6.45, 7) is 0. The van der Waals surface area contributed by atoms with Gasteiger partial charge in [-0.25, -0.2) is 0 Å². The SMILES string of the molecule is CN1C2CCC1CC([C@H](N)C(=O)O)C2. The smallest absolute Gasteiger partial charge is 0.320 e. The van der Waals surface area contributed by atoms with Gasteiger partial charge in [-0.15, -0.1) is 0 Å². The first-order chi connectivity index (χ1) is 6.59. The molecule has 0 aliphatic carbocycles. The number of nitrogens with zero attached hydrogens (tertiary/aromatic N) is 1. The Morgan fingerprint density at radius 3 is 2.36 bits per heavy atom. The number of aliphatic carboxylic acids is 1. The molecule has 0 aromatic carbocycles. The van der Waals surface area contributed by atoms with Gasteiger partial charge in [0.05, 0.1) is 0 Å². The number of carboxylic acid groups (broad SMARTS) is 1. The fourth-order valence-corrected chi connectivity index (χ4v) is 2.95. The van der Waals surface area contributed by atoms with E-state index in [1.807, 2.05) is 0 Å². The molecule has 2 saturated heterocycles. The molecule has 0 radical (unpaired) electrons.